The minimum absolute atomic E-state index is 0.0653. The third-order valence-corrected chi connectivity index (χ3v) is 3.53. The fourth-order valence-corrected chi connectivity index (χ4v) is 2.28. The van der Waals surface area contributed by atoms with Gasteiger partial charge < -0.3 is 5.11 Å². The third-order valence-electron chi connectivity index (χ3n) is 2.24. The van der Waals surface area contributed by atoms with Crippen molar-refractivity contribution in [2.75, 3.05) is 4.72 Å². The van der Waals surface area contributed by atoms with Crippen LogP contribution in [0.3, 0.4) is 0 Å². The summed E-state index contributed by atoms with van der Waals surface area (Å²) in [5.41, 5.74) is -0.0668. The van der Waals surface area contributed by atoms with Gasteiger partial charge in [0.05, 0.1) is 17.4 Å². The highest BCUT2D eigenvalue weighted by molar-refractivity contribution is 7.92. The van der Waals surface area contributed by atoms with Crippen LogP contribution < -0.4 is 4.72 Å². The van der Waals surface area contributed by atoms with Gasteiger partial charge in [-0.25, -0.2) is 14.8 Å². The van der Waals surface area contributed by atoms with Crippen molar-refractivity contribution < 1.29 is 22.7 Å². The van der Waals surface area contributed by atoms with Gasteiger partial charge in [-0.15, -0.1) is 0 Å². The SMILES string of the molecule is O=C(O)c1ccc(S(=O)(=O)Nc2ccc(F)nc2)nc1. The van der Waals surface area contributed by atoms with Crippen LogP contribution in [0.1, 0.15) is 10.4 Å². The Kier molecular flexibility index (Phi) is 3.61. The number of aromatic carboxylic acids is 1. The fourth-order valence-electron chi connectivity index (χ4n) is 1.31. The van der Waals surface area contributed by atoms with Gasteiger partial charge in [0.15, 0.2) is 5.03 Å². The molecule has 0 saturated heterocycles. The van der Waals surface area contributed by atoms with Crippen molar-refractivity contribution in [3.63, 3.8) is 0 Å². The molecular formula is C11H8FN3O4S. The average molecular weight is 297 g/mol. The first-order valence-electron chi connectivity index (χ1n) is 5.22. The van der Waals surface area contributed by atoms with Crippen LogP contribution in [-0.2, 0) is 10.0 Å². The van der Waals surface area contributed by atoms with Gasteiger partial charge in [0, 0.05) is 6.20 Å². The summed E-state index contributed by atoms with van der Waals surface area (Å²) in [6.07, 6.45) is 1.94. The molecule has 0 atom stereocenters. The first-order valence-corrected chi connectivity index (χ1v) is 6.70. The lowest BCUT2D eigenvalue weighted by Crippen LogP contribution is -2.15. The predicted molar refractivity (Wildman–Crippen MR) is 66.2 cm³/mol. The molecule has 0 aromatic carbocycles. The molecule has 0 unspecified atom stereocenters. The van der Waals surface area contributed by atoms with Gasteiger partial charge in [-0.3, -0.25) is 4.72 Å². The van der Waals surface area contributed by atoms with Crippen LogP contribution in [0, 0.1) is 5.95 Å². The van der Waals surface area contributed by atoms with Crippen LogP contribution in [0.15, 0.2) is 41.7 Å². The third kappa shape index (κ3) is 3.06. The molecule has 0 radical (unpaired) electrons. The molecule has 104 valence electrons. The standard InChI is InChI=1S/C11H8FN3O4S/c12-9-3-2-8(6-13-9)15-20(18,19)10-4-1-7(5-14-10)11(16)17/h1-6,15H,(H,16,17). The largest absolute Gasteiger partial charge is 0.478 e. The number of carboxylic acids is 1. The van der Waals surface area contributed by atoms with Crippen LogP contribution in [0.25, 0.3) is 0 Å². The molecule has 2 rings (SSSR count). The number of halogens is 1. The maximum atomic E-state index is 12.6. The second-order valence-corrected chi connectivity index (χ2v) is 5.29. The Hall–Kier alpha value is -2.55. The van der Waals surface area contributed by atoms with E-state index in [2.05, 4.69) is 14.7 Å². The van der Waals surface area contributed by atoms with Crippen molar-refractivity contribution >= 4 is 21.7 Å². The smallest absolute Gasteiger partial charge is 0.337 e. The molecule has 9 heteroatoms. The first kappa shape index (κ1) is 13.9. The molecule has 0 fully saturated rings. The highest BCUT2D eigenvalue weighted by Gasteiger charge is 2.16. The maximum absolute atomic E-state index is 12.6. The monoisotopic (exact) mass is 297 g/mol. The Morgan fingerprint density at radius 3 is 2.40 bits per heavy atom. The Labute approximate surface area is 113 Å². The molecule has 2 N–H and O–H groups in total. The summed E-state index contributed by atoms with van der Waals surface area (Å²) in [7, 11) is -3.99. The van der Waals surface area contributed by atoms with E-state index in [9.17, 15) is 17.6 Å². The summed E-state index contributed by atoms with van der Waals surface area (Å²) < 4.78 is 38.6. The molecular weight excluding hydrogens is 289 g/mol. The molecule has 0 aliphatic rings. The van der Waals surface area contributed by atoms with Gasteiger partial charge in [0.25, 0.3) is 10.0 Å². The summed E-state index contributed by atoms with van der Waals surface area (Å²) >= 11 is 0. The lowest BCUT2D eigenvalue weighted by molar-refractivity contribution is 0.0696. The van der Waals surface area contributed by atoms with E-state index in [1.807, 2.05) is 0 Å². The molecule has 2 aromatic rings. The van der Waals surface area contributed by atoms with Crippen molar-refractivity contribution in [3.05, 3.63) is 48.2 Å². The number of hydrogen-bond donors (Lipinski definition) is 2. The minimum Gasteiger partial charge on any atom is -0.478 e. The van der Waals surface area contributed by atoms with Crippen LogP contribution in [0.2, 0.25) is 0 Å². The van der Waals surface area contributed by atoms with Crippen molar-refractivity contribution in [2.45, 2.75) is 5.03 Å². The highest BCUT2D eigenvalue weighted by Crippen LogP contribution is 2.13. The van der Waals surface area contributed by atoms with Crippen molar-refractivity contribution in [1.82, 2.24) is 9.97 Å². The molecule has 20 heavy (non-hydrogen) atoms. The van der Waals surface area contributed by atoms with Crippen LogP contribution in [0.4, 0.5) is 10.1 Å². The molecule has 0 bridgehead atoms. The molecule has 0 aliphatic carbocycles. The second kappa shape index (κ2) is 5.21. The highest BCUT2D eigenvalue weighted by atomic mass is 32.2. The second-order valence-electron chi connectivity index (χ2n) is 3.67. The molecule has 0 spiro atoms. The summed E-state index contributed by atoms with van der Waals surface area (Å²) in [6.45, 7) is 0. The molecule has 0 aliphatic heterocycles. The van der Waals surface area contributed by atoms with E-state index in [1.165, 1.54) is 6.07 Å². The van der Waals surface area contributed by atoms with Crippen LogP contribution >= 0.6 is 0 Å². The lowest BCUT2D eigenvalue weighted by atomic mass is 10.3. The summed E-state index contributed by atoms with van der Waals surface area (Å²) in [5.74, 6) is -1.95. The maximum Gasteiger partial charge on any atom is 0.337 e. The van der Waals surface area contributed by atoms with E-state index in [0.29, 0.717) is 0 Å². The number of pyridine rings is 2. The topological polar surface area (TPSA) is 109 Å². The first-order chi connectivity index (χ1) is 9.38. The van der Waals surface area contributed by atoms with Crippen molar-refractivity contribution in [3.8, 4) is 0 Å². The molecule has 2 heterocycles. The quantitative estimate of drug-likeness (QED) is 0.818. The lowest BCUT2D eigenvalue weighted by Gasteiger charge is -2.06. The molecule has 0 amide bonds. The van der Waals surface area contributed by atoms with Crippen molar-refractivity contribution in [1.29, 1.82) is 0 Å². The zero-order valence-corrected chi connectivity index (χ0v) is 10.6. The normalized spacial score (nSPS) is 11.1. The van der Waals surface area contributed by atoms with Gasteiger partial charge in [-0.05, 0) is 24.3 Å². The number of carbonyl (C=O) groups is 1. The number of nitrogens with one attached hydrogen (secondary N) is 1. The summed E-state index contributed by atoms with van der Waals surface area (Å²) in [5, 5.41) is 8.34. The van der Waals surface area contributed by atoms with E-state index in [4.69, 9.17) is 5.11 Å². The number of carboxylic acid groups (broad SMARTS) is 1. The van der Waals surface area contributed by atoms with E-state index in [1.54, 1.807) is 0 Å². The predicted octanol–water partition coefficient (Wildman–Crippen LogP) is 1.11. The number of sulfonamides is 1. The Morgan fingerprint density at radius 1 is 1.15 bits per heavy atom. The van der Waals surface area contributed by atoms with E-state index in [0.717, 1.165) is 30.6 Å². The number of rotatable bonds is 4. The number of aromatic nitrogens is 2. The van der Waals surface area contributed by atoms with E-state index < -0.39 is 21.9 Å². The van der Waals surface area contributed by atoms with E-state index >= 15 is 0 Å². The molecule has 7 nitrogen and oxygen atoms in total. The van der Waals surface area contributed by atoms with Crippen LogP contribution in [0.5, 0.6) is 0 Å². The Bertz CT molecular complexity index is 729. The number of hydrogen-bond acceptors (Lipinski definition) is 5. The zero-order chi connectivity index (χ0) is 14.8. The van der Waals surface area contributed by atoms with Gasteiger partial charge >= 0.3 is 5.97 Å². The van der Waals surface area contributed by atoms with Gasteiger partial charge in [0.2, 0.25) is 5.95 Å². The zero-order valence-electron chi connectivity index (χ0n) is 9.82. The molecule has 2 aromatic heterocycles. The summed E-state index contributed by atoms with van der Waals surface area (Å²) in [6, 6.07) is 4.37. The van der Waals surface area contributed by atoms with Gasteiger partial charge in [-0.1, -0.05) is 0 Å². The van der Waals surface area contributed by atoms with Crippen molar-refractivity contribution in [2.24, 2.45) is 0 Å². The van der Waals surface area contributed by atoms with E-state index in [-0.39, 0.29) is 16.3 Å². The number of anilines is 1. The summed E-state index contributed by atoms with van der Waals surface area (Å²) in [4.78, 5) is 17.5. The fraction of sp³-hybridized carbons (Fsp3) is 0. The van der Waals surface area contributed by atoms with Crippen LogP contribution in [-0.4, -0.2) is 29.5 Å². The molecule has 0 saturated carbocycles. The Balaban J connectivity index is 2.26. The Morgan fingerprint density at radius 2 is 1.90 bits per heavy atom. The minimum atomic E-state index is -3.99. The average Bonchev–Trinajstić information content (AvgIpc) is 2.41. The van der Waals surface area contributed by atoms with Gasteiger partial charge in [-0.2, -0.15) is 12.8 Å². The van der Waals surface area contributed by atoms with Gasteiger partial charge in [0.1, 0.15) is 0 Å². The number of nitrogens with zero attached hydrogens (tertiary/aromatic N) is 2.